The molecule has 0 aliphatic carbocycles. The second-order valence-corrected chi connectivity index (χ2v) is 4.79. The van der Waals surface area contributed by atoms with E-state index in [1.807, 2.05) is 30.3 Å². The molecule has 0 radical (unpaired) electrons. The summed E-state index contributed by atoms with van der Waals surface area (Å²) in [4.78, 5) is 24.8. The molecule has 1 aromatic heterocycles. The molecule has 1 amide bonds. The number of carbonyl (C=O) groups excluding carboxylic acids is 1. The van der Waals surface area contributed by atoms with Crippen LogP contribution in [0.3, 0.4) is 0 Å². The van der Waals surface area contributed by atoms with E-state index in [2.05, 4.69) is 5.16 Å². The van der Waals surface area contributed by atoms with E-state index in [1.165, 1.54) is 13.1 Å². The molecule has 0 aliphatic heterocycles. The summed E-state index contributed by atoms with van der Waals surface area (Å²) >= 11 is 0. The summed E-state index contributed by atoms with van der Waals surface area (Å²) in [5.41, 5.74) is 1.42. The van der Waals surface area contributed by atoms with Gasteiger partial charge in [0.2, 0.25) is 5.76 Å². The van der Waals surface area contributed by atoms with Gasteiger partial charge in [0.25, 0.3) is 5.91 Å². The van der Waals surface area contributed by atoms with Gasteiger partial charge in [0.15, 0.2) is 0 Å². The minimum Gasteiger partial charge on any atom is -0.480 e. The zero-order chi connectivity index (χ0) is 15.4. The van der Waals surface area contributed by atoms with Gasteiger partial charge in [0.1, 0.15) is 6.04 Å². The second-order valence-electron chi connectivity index (χ2n) is 4.79. The molecule has 1 aromatic carbocycles. The molecule has 0 spiro atoms. The lowest BCUT2D eigenvalue weighted by molar-refractivity contribution is -0.141. The summed E-state index contributed by atoms with van der Waals surface area (Å²) in [5, 5.41) is 13.0. The minimum atomic E-state index is -1.06. The Morgan fingerprint density at radius 1 is 1.33 bits per heavy atom. The van der Waals surface area contributed by atoms with Gasteiger partial charge in [-0.3, -0.25) is 4.79 Å². The van der Waals surface area contributed by atoms with Crippen LogP contribution >= 0.6 is 0 Å². The van der Waals surface area contributed by atoms with Crippen molar-refractivity contribution in [1.82, 2.24) is 10.1 Å². The standard InChI is InChI=1S/C15H16N2O4/c1-10-8-13(21-16-10)14(18)17(2)12(15(19)20)9-11-6-4-3-5-7-11/h3-8,12H,9H2,1-2H3,(H,19,20). The zero-order valence-corrected chi connectivity index (χ0v) is 11.8. The fourth-order valence-electron chi connectivity index (χ4n) is 2.01. The molecule has 2 aromatic rings. The molecule has 0 fully saturated rings. The highest BCUT2D eigenvalue weighted by atomic mass is 16.5. The van der Waals surface area contributed by atoms with Gasteiger partial charge in [-0.15, -0.1) is 0 Å². The summed E-state index contributed by atoms with van der Waals surface area (Å²) < 4.78 is 4.89. The minimum absolute atomic E-state index is 0.0364. The molecule has 2 rings (SSSR count). The Balaban J connectivity index is 2.18. The number of likely N-dealkylation sites (N-methyl/N-ethyl adjacent to an activating group) is 1. The van der Waals surface area contributed by atoms with Crippen molar-refractivity contribution in [1.29, 1.82) is 0 Å². The van der Waals surface area contributed by atoms with Gasteiger partial charge < -0.3 is 14.5 Å². The van der Waals surface area contributed by atoms with Crippen LogP contribution in [0.1, 0.15) is 21.8 Å². The number of amides is 1. The molecule has 1 heterocycles. The largest absolute Gasteiger partial charge is 0.480 e. The number of benzene rings is 1. The Bertz CT molecular complexity index is 636. The van der Waals surface area contributed by atoms with E-state index >= 15 is 0 Å². The van der Waals surface area contributed by atoms with Crippen molar-refractivity contribution in [3.05, 3.63) is 53.4 Å². The van der Waals surface area contributed by atoms with E-state index in [0.717, 1.165) is 10.5 Å². The monoisotopic (exact) mass is 288 g/mol. The molecule has 21 heavy (non-hydrogen) atoms. The van der Waals surface area contributed by atoms with Crippen LogP contribution in [0, 0.1) is 6.92 Å². The molecular formula is C15H16N2O4. The quantitative estimate of drug-likeness (QED) is 0.906. The maximum absolute atomic E-state index is 12.2. The van der Waals surface area contributed by atoms with Crippen LogP contribution in [0.2, 0.25) is 0 Å². The van der Waals surface area contributed by atoms with Crippen LogP contribution in [0.4, 0.5) is 0 Å². The number of aromatic nitrogens is 1. The SMILES string of the molecule is Cc1cc(C(=O)N(C)C(Cc2ccccc2)C(=O)O)on1. The first kappa shape index (κ1) is 14.8. The average Bonchev–Trinajstić information content (AvgIpc) is 2.90. The molecule has 0 saturated heterocycles. The van der Waals surface area contributed by atoms with Gasteiger partial charge in [-0.05, 0) is 12.5 Å². The Morgan fingerprint density at radius 3 is 2.52 bits per heavy atom. The van der Waals surface area contributed by atoms with E-state index < -0.39 is 17.9 Å². The third kappa shape index (κ3) is 3.47. The maximum Gasteiger partial charge on any atom is 0.326 e. The number of aryl methyl sites for hydroxylation is 1. The normalized spacial score (nSPS) is 11.9. The predicted molar refractivity (Wildman–Crippen MR) is 74.9 cm³/mol. The maximum atomic E-state index is 12.2. The molecule has 0 saturated carbocycles. The number of hydrogen-bond donors (Lipinski definition) is 1. The predicted octanol–water partition coefficient (Wildman–Crippen LogP) is 1.75. The Morgan fingerprint density at radius 2 is 2.00 bits per heavy atom. The molecule has 6 heteroatoms. The molecule has 1 unspecified atom stereocenters. The van der Waals surface area contributed by atoms with Gasteiger partial charge in [-0.25, -0.2) is 4.79 Å². The van der Waals surface area contributed by atoms with E-state index in [1.54, 1.807) is 6.92 Å². The Kier molecular flexibility index (Phi) is 4.37. The first-order chi connectivity index (χ1) is 9.99. The first-order valence-electron chi connectivity index (χ1n) is 6.46. The number of aliphatic carboxylic acids is 1. The summed E-state index contributed by atoms with van der Waals surface area (Å²) in [6.07, 6.45) is 0.228. The second kappa shape index (κ2) is 6.21. The van der Waals surface area contributed by atoms with Gasteiger partial charge in [-0.1, -0.05) is 35.5 Å². The molecule has 1 atom stereocenters. The number of nitrogens with zero attached hydrogens (tertiary/aromatic N) is 2. The number of carboxylic acids is 1. The van der Waals surface area contributed by atoms with E-state index in [9.17, 15) is 14.7 Å². The van der Waals surface area contributed by atoms with E-state index in [-0.39, 0.29) is 12.2 Å². The van der Waals surface area contributed by atoms with E-state index in [4.69, 9.17) is 4.52 Å². The highest BCUT2D eigenvalue weighted by molar-refractivity contribution is 5.94. The molecular weight excluding hydrogens is 272 g/mol. The summed E-state index contributed by atoms with van der Waals surface area (Å²) in [6, 6.07) is 9.68. The average molecular weight is 288 g/mol. The molecule has 110 valence electrons. The fourth-order valence-corrected chi connectivity index (χ4v) is 2.01. The third-order valence-corrected chi connectivity index (χ3v) is 3.18. The number of hydrogen-bond acceptors (Lipinski definition) is 4. The third-order valence-electron chi connectivity index (χ3n) is 3.18. The molecule has 1 N–H and O–H groups in total. The summed E-state index contributed by atoms with van der Waals surface area (Å²) in [5.74, 6) is -1.53. The van der Waals surface area contributed by atoms with Crippen molar-refractivity contribution in [2.45, 2.75) is 19.4 Å². The van der Waals surface area contributed by atoms with Crippen LogP contribution in [0.25, 0.3) is 0 Å². The molecule has 0 aliphatic rings. The summed E-state index contributed by atoms with van der Waals surface area (Å²) in [6.45, 7) is 1.69. The van der Waals surface area contributed by atoms with Crippen LogP contribution in [-0.4, -0.2) is 40.1 Å². The van der Waals surface area contributed by atoms with Crippen LogP contribution < -0.4 is 0 Å². The highest BCUT2D eigenvalue weighted by Gasteiger charge is 2.29. The lowest BCUT2D eigenvalue weighted by atomic mass is 10.0. The van der Waals surface area contributed by atoms with Crippen molar-refractivity contribution in [3.63, 3.8) is 0 Å². The van der Waals surface area contributed by atoms with Crippen molar-refractivity contribution in [2.24, 2.45) is 0 Å². The molecule has 6 nitrogen and oxygen atoms in total. The van der Waals surface area contributed by atoms with Crippen LogP contribution in [-0.2, 0) is 11.2 Å². The van der Waals surface area contributed by atoms with Crippen LogP contribution in [0.15, 0.2) is 40.9 Å². The van der Waals surface area contributed by atoms with Gasteiger partial charge in [0.05, 0.1) is 5.69 Å². The highest BCUT2D eigenvalue weighted by Crippen LogP contribution is 2.13. The fraction of sp³-hybridized carbons (Fsp3) is 0.267. The van der Waals surface area contributed by atoms with Gasteiger partial charge in [-0.2, -0.15) is 0 Å². The Hall–Kier alpha value is -2.63. The van der Waals surface area contributed by atoms with E-state index in [0.29, 0.717) is 5.69 Å². The first-order valence-corrected chi connectivity index (χ1v) is 6.46. The topological polar surface area (TPSA) is 83.6 Å². The van der Waals surface area contributed by atoms with Crippen molar-refractivity contribution < 1.29 is 19.2 Å². The van der Waals surface area contributed by atoms with Crippen molar-refractivity contribution >= 4 is 11.9 Å². The number of rotatable bonds is 5. The van der Waals surface area contributed by atoms with Gasteiger partial charge in [0, 0.05) is 19.5 Å². The van der Waals surface area contributed by atoms with Crippen LogP contribution in [0.5, 0.6) is 0 Å². The lowest BCUT2D eigenvalue weighted by Gasteiger charge is -2.23. The smallest absolute Gasteiger partial charge is 0.326 e. The van der Waals surface area contributed by atoms with Crippen molar-refractivity contribution in [3.8, 4) is 0 Å². The summed E-state index contributed by atoms with van der Waals surface area (Å²) in [7, 11) is 1.45. The molecule has 0 bridgehead atoms. The van der Waals surface area contributed by atoms with Gasteiger partial charge >= 0.3 is 5.97 Å². The number of carbonyl (C=O) groups is 2. The number of carboxylic acid groups (broad SMARTS) is 1. The zero-order valence-electron chi connectivity index (χ0n) is 11.8. The van der Waals surface area contributed by atoms with Crippen molar-refractivity contribution in [2.75, 3.05) is 7.05 Å². The lowest BCUT2D eigenvalue weighted by Crippen LogP contribution is -2.43. The Labute approximate surface area is 122 Å².